The summed E-state index contributed by atoms with van der Waals surface area (Å²) < 4.78 is 4.80. The van der Waals surface area contributed by atoms with E-state index >= 15 is 0 Å². The average molecular weight is 340 g/mol. The molecule has 132 valence electrons. The highest BCUT2D eigenvalue weighted by Crippen LogP contribution is 2.17. The van der Waals surface area contributed by atoms with Gasteiger partial charge in [0.1, 0.15) is 6.04 Å². The van der Waals surface area contributed by atoms with Crippen molar-refractivity contribution in [2.24, 2.45) is 0 Å². The molecule has 2 amide bonds. The fraction of sp³-hybridized carbons (Fsp3) is 0.300. The van der Waals surface area contributed by atoms with E-state index in [-0.39, 0.29) is 0 Å². The average Bonchev–Trinajstić information content (AvgIpc) is 2.61. The van der Waals surface area contributed by atoms with Gasteiger partial charge in [0, 0.05) is 12.1 Å². The number of hydrogen-bond donors (Lipinski definition) is 2. The van der Waals surface area contributed by atoms with Crippen LogP contribution in [0.2, 0.25) is 0 Å². The molecule has 0 aliphatic heterocycles. The predicted molar refractivity (Wildman–Crippen MR) is 98.6 cm³/mol. The Kier molecular flexibility index (Phi) is 6.57. The molecule has 0 saturated heterocycles. The van der Waals surface area contributed by atoms with Crippen LogP contribution in [0.25, 0.3) is 0 Å². The van der Waals surface area contributed by atoms with E-state index in [0.29, 0.717) is 18.0 Å². The maximum absolute atomic E-state index is 12.2. The first-order chi connectivity index (χ1) is 12.0. The van der Waals surface area contributed by atoms with Gasteiger partial charge in [-0.3, -0.25) is 0 Å². The van der Waals surface area contributed by atoms with Crippen LogP contribution in [0.15, 0.2) is 54.6 Å². The molecule has 0 bridgehead atoms. The summed E-state index contributed by atoms with van der Waals surface area (Å²) >= 11 is 0. The Morgan fingerprint density at radius 3 is 2.20 bits per heavy atom. The quantitative estimate of drug-likeness (QED) is 0.788. The lowest BCUT2D eigenvalue weighted by Gasteiger charge is -2.17. The van der Waals surface area contributed by atoms with E-state index in [4.69, 9.17) is 4.74 Å². The van der Waals surface area contributed by atoms with Crippen molar-refractivity contribution in [2.75, 3.05) is 12.4 Å². The second-order valence-electron chi connectivity index (χ2n) is 6.14. The topological polar surface area (TPSA) is 67.4 Å². The Bertz CT molecular complexity index is 697. The predicted octanol–water partition coefficient (Wildman–Crippen LogP) is 3.72. The van der Waals surface area contributed by atoms with Gasteiger partial charge in [-0.15, -0.1) is 0 Å². The molecule has 0 aromatic heterocycles. The Labute approximate surface area is 148 Å². The van der Waals surface area contributed by atoms with E-state index < -0.39 is 18.0 Å². The molecule has 1 unspecified atom stereocenters. The highest BCUT2D eigenvalue weighted by Gasteiger charge is 2.22. The van der Waals surface area contributed by atoms with Gasteiger partial charge in [0.15, 0.2) is 0 Å². The summed E-state index contributed by atoms with van der Waals surface area (Å²) in [4.78, 5) is 24.2. The minimum absolute atomic E-state index is 0.368. The number of carbonyl (C=O) groups is 2. The van der Waals surface area contributed by atoms with E-state index in [0.717, 1.165) is 5.56 Å². The second-order valence-corrected chi connectivity index (χ2v) is 6.14. The van der Waals surface area contributed by atoms with E-state index in [1.807, 2.05) is 54.6 Å². The summed E-state index contributed by atoms with van der Waals surface area (Å²) in [7, 11) is 1.31. The molecule has 5 nitrogen and oxygen atoms in total. The first-order valence-corrected chi connectivity index (χ1v) is 8.29. The fourth-order valence-electron chi connectivity index (χ4n) is 2.46. The minimum Gasteiger partial charge on any atom is -0.467 e. The lowest BCUT2D eigenvalue weighted by molar-refractivity contribution is -0.142. The maximum Gasteiger partial charge on any atom is 0.328 e. The summed E-state index contributed by atoms with van der Waals surface area (Å²) in [5.74, 6) is -0.0494. The van der Waals surface area contributed by atoms with Crippen molar-refractivity contribution in [2.45, 2.75) is 32.2 Å². The lowest BCUT2D eigenvalue weighted by atomic mass is 10.0. The summed E-state index contributed by atoms with van der Waals surface area (Å²) in [6.45, 7) is 4.22. The van der Waals surface area contributed by atoms with Crippen molar-refractivity contribution in [1.82, 2.24) is 5.32 Å². The Hall–Kier alpha value is -2.82. The Balaban J connectivity index is 2.00. The van der Waals surface area contributed by atoms with Crippen molar-refractivity contribution >= 4 is 17.7 Å². The third-order valence-corrected chi connectivity index (χ3v) is 3.91. The SMILES string of the molecule is COC(=O)C(Cc1ccccc1)NC(=O)Nc1ccc(C(C)C)cc1. The van der Waals surface area contributed by atoms with E-state index in [9.17, 15) is 9.59 Å². The highest BCUT2D eigenvalue weighted by atomic mass is 16.5. The standard InChI is InChI=1S/C20H24N2O3/c1-14(2)16-9-11-17(12-10-16)21-20(24)22-18(19(23)25-3)13-15-7-5-4-6-8-15/h4-12,14,18H,13H2,1-3H3,(H2,21,22,24). The van der Waals surface area contributed by atoms with Gasteiger partial charge in [0.25, 0.3) is 0 Å². The first kappa shape index (κ1) is 18.5. The number of anilines is 1. The number of benzene rings is 2. The molecule has 0 saturated carbocycles. The number of carbonyl (C=O) groups excluding carboxylic acids is 2. The van der Waals surface area contributed by atoms with Gasteiger partial charge in [0.05, 0.1) is 7.11 Å². The first-order valence-electron chi connectivity index (χ1n) is 8.29. The zero-order valence-electron chi connectivity index (χ0n) is 14.8. The van der Waals surface area contributed by atoms with Crippen LogP contribution in [0.5, 0.6) is 0 Å². The van der Waals surface area contributed by atoms with Gasteiger partial charge in [-0.2, -0.15) is 0 Å². The van der Waals surface area contributed by atoms with Crippen LogP contribution >= 0.6 is 0 Å². The largest absolute Gasteiger partial charge is 0.467 e. The van der Waals surface area contributed by atoms with Crippen LogP contribution in [-0.4, -0.2) is 25.2 Å². The molecular weight excluding hydrogens is 316 g/mol. The normalized spacial score (nSPS) is 11.7. The Morgan fingerprint density at radius 2 is 1.64 bits per heavy atom. The van der Waals surface area contributed by atoms with Crippen molar-refractivity contribution in [1.29, 1.82) is 0 Å². The zero-order valence-corrected chi connectivity index (χ0v) is 14.8. The van der Waals surface area contributed by atoms with Crippen molar-refractivity contribution in [3.8, 4) is 0 Å². The number of nitrogens with one attached hydrogen (secondary N) is 2. The van der Waals surface area contributed by atoms with Gasteiger partial charge in [0.2, 0.25) is 0 Å². The minimum atomic E-state index is -0.748. The number of methoxy groups -OCH3 is 1. The highest BCUT2D eigenvalue weighted by molar-refractivity contribution is 5.92. The molecule has 0 spiro atoms. The molecule has 0 aliphatic rings. The van der Waals surface area contributed by atoms with Crippen molar-refractivity contribution in [3.05, 3.63) is 65.7 Å². The monoisotopic (exact) mass is 340 g/mol. The molecule has 2 aromatic rings. The summed E-state index contributed by atoms with van der Waals surface area (Å²) in [5, 5.41) is 5.42. The number of esters is 1. The second kappa shape index (κ2) is 8.87. The number of hydrogen-bond acceptors (Lipinski definition) is 3. The van der Waals surface area contributed by atoms with Gasteiger partial charge in [-0.25, -0.2) is 9.59 Å². The lowest BCUT2D eigenvalue weighted by Crippen LogP contribution is -2.45. The maximum atomic E-state index is 12.2. The number of ether oxygens (including phenoxy) is 1. The molecule has 5 heteroatoms. The number of amides is 2. The van der Waals surface area contributed by atoms with Crippen LogP contribution in [-0.2, 0) is 16.0 Å². The van der Waals surface area contributed by atoms with Crippen LogP contribution < -0.4 is 10.6 Å². The zero-order chi connectivity index (χ0) is 18.2. The van der Waals surface area contributed by atoms with Crippen molar-refractivity contribution < 1.29 is 14.3 Å². The molecule has 1 atom stereocenters. The van der Waals surface area contributed by atoms with Crippen LogP contribution in [0.4, 0.5) is 10.5 Å². The van der Waals surface area contributed by atoms with Crippen LogP contribution in [0, 0.1) is 0 Å². The smallest absolute Gasteiger partial charge is 0.328 e. The van der Waals surface area contributed by atoms with E-state index in [2.05, 4.69) is 24.5 Å². The van der Waals surface area contributed by atoms with Crippen LogP contribution in [0.1, 0.15) is 30.9 Å². The molecule has 2 aromatic carbocycles. The third-order valence-electron chi connectivity index (χ3n) is 3.91. The molecular formula is C20H24N2O3. The molecule has 0 heterocycles. The fourth-order valence-corrected chi connectivity index (χ4v) is 2.46. The Morgan fingerprint density at radius 1 is 1.00 bits per heavy atom. The number of urea groups is 1. The molecule has 0 aliphatic carbocycles. The number of rotatable bonds is 6. The van der Waals surface area contributed by atoms with Gasteiger partial charge in [-0.1, -0.05) is 56.3 Å². The van der Waals surface area contributed by atoms with E-state index in [1.165, 1.54) is 12.7 Å². The molecule has 0 radical (unpaired) electrons. The van der Waals surface area contributed by atoms with Crippen LogP contribution in [0.3, 0.4) is 0 Å². The van der Waals surface area contributed by atoms with E-state index in [1.54, 1.807) is 0 Å². The van der Waals surface area contributed by atoms with Gasteiger partial charge in [-0.05, 0) is 29.2 Å². The summed E-state index contributed by atoms with van der Waals surface area (Å²) in [6.07, 6.45) is 0.368. The van der Waals surface area contributed by atoms with Gasteiger partial charge >= 0.3 is 12.0 Å². The molecule has 2 N–H and O–H groups in total. The third kappa shape index (κ3) is 5.64. The summed E-state index contributed by atoms with van der Waals surface area (Å²) in [5.41, 5.74) is 2.81. The molecule has 2 rings (SSSR count). The molecule has 25 heavy (non-hydrogen) atoms. The summed E-state index contributed by atoms with van der Waals surface area (Å²) in [6, 6.07) is 15.9. The van der Waals surface area contributed by atoms with Gasteiger partial charge < -0.3 is 15.4 Å². The van der Waals surface area contributed by atoms with Crippen molar-refractivity contribution in [3.63, 3.8) is 0 Å². The molecule has 0 fully saturated rings.